The van der Waals surface area contributed by atoms with Gasteiger partial charge in [-0.05, 0) is 36.5 Å². The van der Waals surface area contributed by atoms with Crippen LogP contribution in [0.25, 0.3) is 0 Å². The first-order valence-corrected chi connectivity index (χ1v) is 10.1. The molecular weight excluding hydrogens is 387 g/mol. The normalized spacial score (nSPS) is 24.1. The number of halogens is 1. The fourth-order valence-electron chi connectivity index (χ4n) is 4.45. The van der Waals surface area contributed by atoms with E-state index in [9.17, 15) is 14.0 Å². The molecule has 2 unspecified atom stereocenters. The maximum absolute atomic E-state index is 13.8. The highest BCUT2D eigenvalue weighted by Crippen LogP contribution is 2.45. The van der Waals surface area contributed by atoms with Crippen LogP contribution >= 0.6 is 0 Å². The Labute approximate surface area is 174 Å². The van der Waals surface area contributed by atoms with Gasteiger partial charge in [0.05, 0.1) is 11.5 Å². The van der Waals surface area contributed by atoms with Gasteiger partial charge in [0.15, 0.2) is 0 Å². The topological polar surface area (TPSA) is 92.9 Å². The van der Waals surface area contributed by atoms with Crippen molar-refractivity contribution in [2.75, 3.05) is 20.3 Å². The number of alkyl halides is 1. The molecule has 0 spiro atoms. The van der Waals surface area contributed by atoms with Gasteiger partial charge in [-0.2, -0.15) is 0 Å². The maximum Gasteiger partial charge on any atom is 0.253 e. The van der Waals surface area contributed by atoms with E-state index in [4.69, 9.17) is 15.6 Å². The van der Waals surface area contributed by atoms with Crippen LogP contribution in [-0.2, 0) is 0 Å². The first-order chi connectivity index (χ1) is 14.5. The van der Waals surface area contributed by atoms with E-state index in [1.54, 1.807) is 18.0 Å². The number of ether oxygens (including phenoxy) is 1. The minimum Gasteiger partial charge on any atom is -0.486 e. The van der Waals surface area contributed by atoms with Gasteiger partial charge in [0, 0.05) is 30.8 Å². The molecule has 1 heterocycles. The predicted octanol–water partition coefficient (Wildman–Crippen LogP) is 2.49. The molecule has 2 aromatic rings. The Kier molecular flexibility index (Phi) is 5.47. The highest BCUT2D eigenvalue weighted by molar-refractivity contribution is 6.02. The molecule has 0 aromatic heterocycles. The summed E-state index contributed by atoms with van der Waals surface area (Å²) in [5, 5.41) is 9.12. The second-order valence-electron chi connectivity index (χ2n) is 8.00. The molecule has 1 aliphatic carbocycles. The summed E-state index contributed by atoms with van der Waals surface area (Å²) in [4.78, 5) is 26.9. The van der Waals surface area contributed by atoms with Gasteiger partial charge in [-0.3, -0.25) is 9.59 Å². The van der Waals surface area contributed by atoms with E-state index in [1.807, 2.05) is 30.3 Å². The lowest BCUT2D eigenvalue weighted by atomic mass is 9.86. The molecule has 2 aliphatic rings. The van der Waals surface area contributed by atoms with Crippen LogP contribution in [0.4, 0.5) is 4.39 Å². The molecular formula is C23H25FN2O4. The number of benzene rings is 2. The summed E-state index contributed by atoms with van der Waals surface area (Å²) in [5.74, 6) is -0.862. The molecule has 1 aliphatic heterocycles. The Morgan fingerprint density at radius 1 is 1.27 bits per heavy atom. The summed E-state index contributed by atoms with van der Waals surface area (Å²) in [7, 11) is 1.72. The molecule has 1 fully saturated rings. The van der Waals surface area contributed by atoms with Gasteiger partial charge in [0.25, 0.3) is 11.8 Å². The number of fused-ring (bicyclic) bond motifs is 1. The Morgan fingerprint density at radius 2 is 2.00 bits per heavy atom. The van der Waals surface area contributed by atoms with E-state index >= 15 is 0 Å². The molecule has 4 atom stereocenters. The van der Waals surface area contributed by atoms with Crippen LogP contribution in [0.5, 0.6) is 5.75 Å². The van der Waals surface area contributed by atoms with E-state index in [0.717, 1.165) is 12.0 Å². The summed E-state index contributed by atoms with van der Waals surface area (Å²) >= 11 is 0. The molecule has 0 radical (unpaired) electrons. The Hall–Kier alpha value is -2.93. The molecule has 1 saturated carbocycles. The van der Waals surface area contributed by atoms with Gasteiger partial charge >= 0.3 is 0 Å². The van der Waals surface area contributed by atoms with Crippen molar-refractivity contribution >= 4 is 11.8 Å². The molecule has 30 heavy (non-hydrogen) atoms. The number of nitrogens with zero attached hydrogens (tertiary/aromatic N) is 1. The zero-order valence-corrected chi connectivity index (χ0v) is 16.8. The third-order valence-electron chi connectivity index (χ3n) is 6.12. The lowest BCUT2D eigenvalue weighted by molar-refractivity contribution is 0.0775. The standard InChI is InChI=1S/C23H25FN2O4/c1-26(18-11-14(18)7-8-27)23(29)15-9-16-20(13-5-3-2-4-6-13)19(12-24)30-21(16)17(10-15)22(25)28/h2-6,9-10,14,18-20,27H,7-8,11-12H2,1H3,(H2,25,28)/t14-,18-,19?,20?/m1/s1. The fourth-order valence-corrected chi connectivity index (χ4v) is 4.45. The van der Waals surface area contributed by atoms with Gasteiger partial charge in [-0.1, -0.05) is 30.3 Å². The summed E-state index contributed by atoms with van der Waals surface area (Å²) in [6.07, 6.45) is 0.706. The first-order valence-electron chi connectivity index (χ1n) is 10.1. The van der Waals surface area contributed by atoms with E-state index in [1.165, 1.54) is 6.07 Å². The summed E-state index contributed by atoms with van der Waals surface area (Å²) in [6.45, 7) is -0.644. The number of nitrogens with two attached hydrogens (primary N) is 1. The largest absolute Gasteiger partial charge is 0.486 e. The fraction of sp³-hybridized carbons (Fsp3) is 0.391. The molecule has 0 saturated heterocycles. The van der Waals surface area contributed by atoms with E-state index in [0.29, 0.717) is 17.5 Å². The van der Waals surface area contributed by atoms with Crippen molar-refractivity contribution in [2.24, 2.45) is 11.7 Å². The van der Waals surface area contributed by atoms with Gasteiger partial charge in [-0.15, -0.1) is 0 Å². The second-order valence-corrected chi connectivity index (χ2v) is 8.00. The van der Waals surface area contributed by atoms with Gasteiger partial charge in [-0.25, -0.2) is 4.39 Å². The van der Waals surface area contributed by atoms with Crippen molar-refractivity contribution in [3.05, 3.63) is 64.7 Å². The number of rotatable bonds is 7. The smallest absolute Gasteiger partial charge is 0.253 e. The number of hydrogen-bond acceptors (Lipinski definition) is 4. The lowest BCUT2D eigenvalue weighted by Gasteiger charge is -2.19. The van der Waals surface area contributed by atoms with E-state index in [2.05, 4.69) is 0 Å². The van der Waals surface area contributed by atoms with E-state index in [-0.39, 0.29) is 35.8 Å². The number of hydrogen-bond donors (Lipinski definition) is 2. The summed E-state index contributed by atoms with van der Waals surface area (Å²) in [6, 6.07) is 12.5. The molecule has 4 rings (SSSR count). The monoisotopic (exact) mass is 412 g/mol. The number of carbonyl (C=O) groups excluding carboxylic acids is 2. The summed E-state index contributed by atoms with van der Waals surface area (Å²) in [5.41, 5.74) is 7.42. The molecule has 2 amide bonds. The molecule has 158 valence electrons. The Morgan fingerprint density at radius 3 is 2.63 bits per heavy atom. The molecule has 6 nitrogen and oxygen atoms in total. The third-order valence-corrected chi connectivity index (χ3v) is 6.12. The van der Waals surface area contributed by atoms with Crippen LogP contribution in [0.2, 0.25) is 0 Å². The average molecular weight is 412 g/mol. The van der Waals surface area contributed by atoms with Crippen molar-refractivity contribution in [3.63, 3.8) is 0 Å². The minimum atomic E-state index is -0.791. The highest BCUT2D eigenvalue weighted by Gasteiger charge is 2.43. The predicted molar refractivity (Wildman–Crippen MR) is 109 cm³/mol. The maximum atomic E-state index is 13.8. The zero-order valence-electron chi connectivity index (χ0n) is 16.8. The zero-order chi connectivity index (χ0) is 21.4. The molecule has 0 bridgehead atoms. The van der Waals surface area contributed by atoms with E-state index < -0.39 is 24.6 Å². The highest BCUT2D eigenvalue weighted by atomic mass is 19.1. The van der Waals surface area contributed by atoms with Crippen molar-refractivity contribution in [3.8, 4) is 5.75 Å². The Bertz CT molecular complexity index is 965. The van der Waals surface area contributed by atoms with Crippen LogP contribution in [0.1, 0.15) is 50.6 Å². The Balaban J connectivity index is 1.74. The van der Waals surface area contributed by atoms with Crippen LogP contribution in [0.3, 0.4) is 0 Å². The molecule has 2 aromatic carbocycles. The van der Waals surface area contributed by atoms with Crippen LogP contribution in [-0.4, -0.2) is 54.3 Å². The number of aliphatic hydroxyl groups is 1. The first kappa shape index (κ1) is 20.3. The van der Waals surface area contributed by atoms with Crippen LogP contribution in [0, 0.1) is 5.92 Å². The number of amides is 2. The van der Waals surface area contributed by atoms with Crippen molar-refractivity contribution in [1.29, 1.82) is 0 Å². The SMILES string of the molecule is CN(C(=O)c1cc(C(N)=O)c2c(c1)C(c1ccccc1)C(CF)O2)[C@@H]1C[C@H]1CCO. The average Bonchev–Trinajstić information content (AvgIpc) is 3.42. The quantitative estimate of drug-likeness (QED) is 0.731. The van der Waals surface area contributed by atoms with Crippen molar-refractivity contribution in [2.45, 2.75) is 30.9 Å². The second kappa shape index (κ2) is 8.07. The van der Waals surface area contributed by atoms with Crippen LogP contribution < -0.4 is 10.5 Å². The number of carbonyl (C=O) groups is 2. The number of primary amides is 1. The summed E-state index contributed by atoms with van der Waals surface area (Å²) < 4.78 is 19.6. The van der Waals surface area contributed by atoms with Gasteiger partial charge in [0.1, 0.15) is 18.5 Å². The van der Waals surface area contributed by atoms with Crippen LogP contribution in [0.15, 0.2) is 42.5 Å². The molecule has 7 heteroatoms. The third kappa shape index (κ3) is 3.54. The minimum absolute atomic E-state index is 0.0645. The van der Waals surface area contributed by atoms with Gasteiger partial charge in [0.2, 0.25) is 0 Å². The van der Waals surface area contributed by atoms with Crippen molar-refractivity contribution < 1.29 is 23.8 Å². The van der Waals surface area contributed by atoms with Crippen molar-refractivity contribution in [1.82, 2.24) is 4.90 Å². The number of aliphatic hydroxyl groups excluding tert-OH is 1. The molecule has 3 N–H and O–H groups in total. The lowest BCUT2D eigenvalue weighted by Crippen LogP contribution is -2.30. The van der Waals surface area contributed by atoms with Gasteiger partial charge < -0.3 is 20.5 Å².